The molecule has 0 heterocycles. The Morgan fingerprint density at radius 2 is 2.00 bits per heavy atom. The summed E-state index contributed by atoms with van der Waals surface area (Å²) in [5.74, 6) is 0.882. The van der Waals surface area contributed by atoms with Crippen molar-refractivity contribution < 1.29 is 4.74 Å². The van der Waals surface area contributed by atoms with Gasteiger partial charge in [-0.15, -0.1) is 0 Å². The van der Waals surface area contributed by atoms with Crippen LogP contribution in [0.1, 0.15) is 47.0 Å². The Morgan fingerprint density at radius 1 is 1.36 bits per heavy atom. The molecule has 0 aromatic rings. The van der Waals surface area contributed by atoms with Gasteiger partial charge in [-0.3, -0.25) is 0 Å². The van der Waals surface area contributed by atoms with Crippen molar-refractivity contribution in [3.8, 4) is 0 Å². The molecule has 1 rings (SSSR count). The average molecular weight is 199 g/mol. The van der Waals surface area contributed by atoms with Gasteiger partial charge in [0.1, 0.15) is 0 Å². The Morgan fingerprint density at radius 3 is 2.50 bits per heavy atom. The van der Waals surface area contributed by atoms with Crippen molar-refractivity contribution in [1.82, 2.24) is 5.32 Å². The molecular weight excluding hydrogens is 174 g/mol. The summed E-state index contributed by atoms with van der Waals surface area (Å²) in [5.41, 5.74) is 0.232. The third-order valence-electron chi connectivity index (χ3n) is 2.52. The molecule has 0 radical (unpaired) electrons. The van der Waals surface area contributed by atoms with Gasteiger partial charge in [-0.1, -0.05) is 0 Å². The number of hydrogen-bond donors (Lipinski definition) is 1. The van der Waals surface area contributed by atoms with E-state index in [9.17, 15) is 0 Å². The van der Waals surface area contributed by atoms with E-state index in [2.05, 4.69) is 33.0 Å². The molecule has 1 unspecified atom stereocenters. The fraction of sp³-hybridized carbons (Fsp3) is 1.00. The summed E-state index contributed by atoms with van der Waals surface area (Å²) >= 11 is 0. The van der Waals surface area contributed by atoms with E-state index in [-0.39, 0.29) is 5.54 Å². The van der Waals surface area contributed by atoms with Gasteiger partial charge < -0.3 is 10.1 Å². The van der Waals surface area contributed by atoms with Crippen molar-refractivity contribution in [2.45, 2.75) is 58.6 Å². The predicted octanol–water partition coefficient (Wildman–Crippen LogP) is 2.58. The van der Waals surface area contributed by atoms with Gasteiger partial charge in [0, 0.05) is 12.1 Å². The lowest BCUT2D eigenvalue weighted by molar-refractivity contribution is 0.0520. The first kappa shape index (κ1) is 12.0. The van der Waals surface area contributed by atoms with Crippen LogP contribution in [0.15, 0.2) is 0 Å². The van der Waals surface area contributed by atoms with Crippen molar-refractivity contribution >= 4 is 0 Å². The maximum absolute atomic E-state index is 5.74. The Kier molecular flexibility index (Phi) is 4.39. The van der Waals surface area contributed by atoms with Crippen LogP contribution in [-0.2, 0) is 4.74 Å². The second-order valence-corrected chi connectivity index (χ2v) is 5.55. The van der Waals surface area contributed by atoms with Crippen LogP contribution in [0, 0.1) is 5.92 Å². The first-order valence-electron chi connectivity index (χ1n) is 5.84. The van der Waals surface area contributed by atoms with Crippen molar-refractivity contribution in [3.63, 3.8) is 0 Å². The summed E-state index contributed by atoms with van der Waals surface area (Å²) in [5, 5.41) is 3.48. The maximum Gasteiger partial charge on any atom is 0.0559 e. The van der Waals surface area contributed by atoms with E-state index in [0.29, 0.717) is 6.10 Å². The third-order valence-corrected chi connectivity index (χ3v) is 2.52. The SMILES string of the molecule is CC(CCNC(C)(C)C)OCC1CC1. The number of nitrogens with one attached hydrogen (secondary N) is 1. The van der Waals surface area contributed by atoms with Crippen molar-refractivity contribution in [2.24, 2.45) is 5.92 Å². The molecule has 1 atom stereocenters. The van der Waals surface area contributed by atoms with E-state index < -0.39 is 0 Å². The zero-order valence-electron chi connectivity index (χ0n) is 10.1. The molecule has 2 heteroatoms. The third kappa shape index (κ3) is 6.39. The molecule has 2 nitrogen and oxygen atoms in total. The van der Waals surface area contributed by atoms with Gasteiger partial charge in [-0.25, -0.2) is 0 Å². The standard InChI is InChI=1S/C12H25NO/c1-10(14-9-11-5-6-11)7-8-13-12(2,3)4/h10-11,13H,5-9H2,1-4H3. The molecule has 0 aromatic heterocycles. The van der Waals surface area contributed by atoms with Gasteiger partial charge >= 0.3 is 0 Å². The fourth-order valence-corrected chi connectivity index (χ4v) is 1.32. The van der Waals surface area contributed by atoms with Gasteiger partial charge in [0.05, 0.1) is 6.10 Å². The first-order valence-corrected chi connectivity index (χ1v) is 5.84. The Labute approximate surface area is 88.4 Å². The molecule has 0 aliphatic heterocycles. The minimum atomic E-state index is 0.232. The smallest absolute Gasteiger partial charge is 0.0559 e. The number of hydrogen-bond acceptors (Lipinski definition) is 2. The lowest BCUT2D eigenvalue weighted by Crippen LogP contribution is -2.37. The van der Waals surface area contributed by atoms with Gasteiger partial charge in [0.25, 0.3) is 0 Å². The van der Waals surface area contributed by atoms with Crippen LogP contribution in [0.25, 0.3) is 0 Å². The predicted molar refractivity (Wildman–Crippen MR) is 60.5 cm³/mol. The summed E-state index contributed by atoms with van der Waals surface area (Å²) < 4.78 is 5.74. The highest BCUT2D eigenvalue weighted by molar-refractivity contribution is 4.73. The average Bonchev–Trinajstić information content (AvgIpc) is 2.81. The van der Waals surface area contributed by atoms with Crippen molar-refractivity contribution in [3.05, 3.63) is 0 Å². The van der Waals surface area contributed by atoms with Crippen LogP contribution >= 0.6 is 0 Å². The summed E-state index contributed by atoms with van der Waals surface area (Å²) in [6, 6.07) is 0. The van der Waals surface area contributed by atoms with E-state index in [1.54, 1.807) is 0 Å². The topological polar surface area (TPSA) is 21.3 Å². The van der Waals surface area contributed by atoms with Gasteiger partial charge in [-0.2, -0.15) is 0 Å². The highest BCUT2D eigenvalue weighted by atomic mass is 16.5. The van der Waals surface area contributed by atoms with E-state index >= 15 is 0 Å². The van der Waals surface area contributed by atoms with Crippen LogP contribution < -0.4 is 5.32 Å². The largest absolute Gasteiger partial charge is 0.378 e. The molecule has 0 aromatic carbocycles. The van der Waals surface area contributed by atoms with E-state index in [4.69, 9.17) is 4.74 Å². The fourth-order valence-electron chi connectivity index (χ4n) is 1.32. The molecule has 0 spiro atoms. The normalized spacial score (nSPS) is 19.7. The van der Waals surface area contributed by atoms with Gasteiger partial charge in [0.2, 0.25) is 0 Å². The van der Waals surface area contributed by atoms with Gasteiger partial charge in [0.15, 0.2) is 0 Å². The van der Waals surface area contributed by atoms with Crippen LogP contribution in [0.5, 0.6) is 0 Å². The van der Waals surface area contributed by atoms with Crippen molar-refractivity contribution in [2.75, 3.05) is 13.2 Å². The van der Waals surface area contributed by atoms with Crippen LogP contribution in [0.3, 0.4) is 0 Å². The lowest BCUT2D eigenvalue weighted by Gasteiger charge is -2.22. The number of ether oxygens (including phenoxy) is 1. The van der Waals surface area contributed by atoms with Crippen LogP contribution in [-0.4, -0.2) is 24.8 Å². The summed E-state index contributed by atoms with van der Waals surface area (Å²) in [7, 11) is 0. The minimum absolute atomic E-state index is 0.232. The molecular formula is C12H25NO. The molecule has 1 N–H and O–H groups in total. The van der Waals surface area contributed by atoms with E-state index in [1.807, 2.05) is 0 Å². The molecule has 1 fully saturated rings. The van der Waals surface area contributed by atoms with E-state index in [1.165, 1.54) is 12.8 Å². The molecule has 0 bridgehead atoms. The molecule has 1 aliphatic carbocycles. The minimum Gasteiger partial charge on any atom is -0.378 e. The van der Waals surface area contributed by atoms with Crippen molar-refractivity contribution in [1.29, 1.82) is 0 Å². The number of rotatable bonds is 6. The highest BCUT2D eigenvalue weighted by Crippen LogP contribution is 2.29. The second-order valence-electron chi connectivity index (χ2n) is 5.55. The maximum atomic E-state index is 5.74. The van der Waals surface area contributed by atoms with E-state index in [0.717, 1.165) is 25.5 Å². The lowest BCUT2D eigenvalue weighted by atomic mass is 10.1. The zero-order valence-corrected chi connectivity index (χ0v) is 10.1. The summed E-state index contributed by atoms with van der Waals surface area (Å²) in [4.78, 5) is 0. The Hall–Kier alpha value is -0.0800. The molecule has 0 amide bonds. The Bertz CT molecular complexity index is 158. The molecule has 84 valence electrons. The summed E-state index contributed by atoms with van der Waals surface area (Å²) in [6.45, 7) is 10.8. The molecule has 14 heavy (non-hydrogen) atoms. The summed E-state index contributed by atoms with van der Waals surface area (Å²) in [6.07, 6.45) is 4.29. The van der Waals surface area contributed by atoms with Crippen LogP contribution in [0.4, 0.5) is 0 Å². The first-order chi connectivity index (χ1) is 6.47. The zero-order chi connectivity index (χ0) is 10.6. The second kappa shape index (κ2) is 5.13. The monoisotopic (exact) mass is 199 g/mol. The van der Waals surface area contributed by atoms with Gasteiger partial charge in [-0.05, 0) is 59.4 Å². The molecule has 1 aliphatic rings. The highest BCUT2D eigenvalue weighted by Gasteiger charge is 2.22. The molecule has 0 saturated heterocycles. The Balaban J connectivity index is 1.93. The van der Waals surface area contributed by atoms with Crippen LogP contribution in [0.2, 0.25) is 0 Å². The molecule has 1 saturated carbocycles. The quantitative estimate of drug-likeness (QED) is 0.710.